The minimum absolute atomic E-state index is 0.634. The van der Waals surface area contributed by atoms with Gasteiger partial charge in [-0.05, 0) is 28.1 Å². The van der Waals surface area contributed by atoms with Crippen molar-refractivity contribution in [2.75, 3.05) is 5.32 Å². The van der Waals surface area contributed by atoms with Gasteiger partial charge in [-0.3, -0.25) is 0 Å². The van der Waals surface area contributed by atoms with Crippen LogP contribution >= 0.6 is 0 Å². The highest BCUT2D eigenvalue weighted by atomic mass is 15.6. The molecule has 1 heterocycles. The number of nitrogens with zero attached hydrogens (tertiary/aromatic N) is 4. The minimum Gasteiger partial charge on any atom is -0.323 e. The summed E-state index contributed by atoms with van der Waals surface area (Å²) in [5.41, 5.74) is 2.12. The Balaban J connectivity index is 1.79. The van der Waals surface area contributed by atoms with Crippen LogP contribution in [0, 0.1) is 0 Å². The first-order chi connectivity index (χ1) is 9.42. The second kappa shape index (κ2) is 5.30. The van der Waals surface area contributed by atoms with Gasteiger partial charge in [-0.1, -0.05) is 53.6 Å². The Bertz CT molecular complexity index is 577. The second-order valence-electron chi connectivity index (χ2n) is 4.14. The zero-order chi connectivity index (χ0) is 12.9. The molecule has 0 aliphatic heterocycles. The van der Waals surface area contributed by atoms with Gasteiger partial charge in [-0.15, -0.1) is 0 Å². The quantitative estimate of drug-likeness (QED) is 0.774. The fourth-order valence-corrected chi connectivity index (χ4v) is 1.81. The number of anilines is 2. The zero-order valence-electron chi connectivity index (χ0n) is 10.3. The van der Waals surface area contributed by atoms with Crippen LogP contribution in [0.25, 0.3) is 0 Å². The average Bonchev–Trinajstić information content (AvgIpc) is 2.88. The summed E-state index contributed by atoms with van der Waals surface area (Å²) >= 11 is 0. The molecule has 94 valence electrons. The number of aromatic nitrogens is 4. The molecule has 0 radical (unpaired) electrons. The lowest BCUT2D eigenvalue weighted by Gasteiger charge is -2.06. The highest BCUT2D eigenvalue weighted by molar-refractivity contribution is 5.52. The molecule has 0 unspecified atom stereocenters. The third-order valence-electron chi connectivity index (χ3n) is 2.74. The Morgan fingerprint density at radius 1 is 0.895 bits per heavy atom. The summed E-state index contributed by atoms with van der Waals surface area (Å²) in [6.45, 7) is 0.642. The Morgan fingerprint density at radius 2 is 1.58 bits per heavy atom. The number of tetrazole rings is 1. The molecule has 0 amide bonds. The molecule has 2 aromatic carbocycles. The van der Waals surface area contributed by atoms with E-state index in [0.29, 0.717) is 12.5 Å². The highest BCUT2D eigenvalue weighted by Crippen LogP contribution is 2.13. The van der Waals surface area contributed by atoms with Crippen LogP contribution in [-0.2, 0) is 6.54 Å². The Kier molecular flexibility index (Phi) is 3.18. The number of nitrogens with one attached hydrogen (secondary N) is 1. The van der Waals surface area contributed by atoms with Gasteiger partial charge in [0.1, 0.15) is 0 Å². The molecule has 19 heavy (non-hydrogen) atoms. The third kappa shape index (κ3) is 2.77. The van der Waals surface area contributed by atoms with Crippen molar-refractivity contribution >= 4 is 11.6 Å². The summed E-state index contributed by atoms with van der Waals surface area (Å²) in [4.78, 5) is 0. The van der Waals surface area contributed by atoms with Crippen LogP contribution in [0.1, 0.15) is 5.56 Å². The molecule has 3 rings (SSSR count). The fraction of sp³-hybridized carbons (Fsp3) is 0.0714. The Hall–Kier alpha value is -2.69. The smallest absolute Gasteiger partial charge is 0.247 e. The molecule has 0 atom stereocenters. The lowest BCUT2D eigenvalue weighted by atomic mass is 10.2. The number of para-hydroxylation sites is 1. The predicted molar refractivity (Wildman–Crippen MR) is 73.1 cm³/mol. The van der Waals surface area contributed by atoms with E-state index in [1.54, 1.807) is 4.68 Å². The first kappa shape index (κ1) is 11.4. The van der Waals surface area contributed by atoms with Gasteiger partial charge in [0, 0.05) is 5.69 Å². The van der Waals surface area contributed by atoms with Crippen LogP contribution in [0.15, 0.2) is 60.7 Å². The van der Waals surface area contributed by atoms with Crippen LogP contribution in [0.4, 0.5) is 11.6 Å². The van der Waals surface area contributed by atoms with E-state index in [1.807, 2.05) is 60.7 Å². The summed E-state index contributed by atoms with van der Waals surface area (Å²) in [5, 5.41) is 14.9. The summed E-state index contributed by atoms with van der Waals surface area (Å²) in [6, 6.07) is 19.9. The van der Waals surface area contributed by atoms with Crippen molar-refractivity contribution < 1.29 is 0 Å². The van der Waals surface area contributed by atoms with Crippen LogP contribution in [0.5, 0.6) is 0 Å². The molecular weight excluding hydrogens is 238 g/mol. The SMILES string of the molecule is c1ccc(Cn2nnnc2Nc2ccccc2)cc1. The van der Waals surface area contributed by atoms with Gasteiger partial charge in [0.15, 0.2) is 0 Å². The zero-order valence-corrected chi connectivity index (χ0v) is 10.3. The van der Waals surface area contributed by atoms with Gasteiger partial charge in [0.05, 0.1) is 6.54 Å². The molecule has 0 aliphatic carbocycles. The first-order valence-corrected chi connectivity index (χ1v) is 6.04. The topological polar surface area (TPSA) is 55.6 Å². The monoisotopic (exact) mass is 251 g/mol. The normalized spacial score (nSPS) is 10.3. The van der Waals surface area contributed by atoms with E-state index < -0.39 is 0 Å². The summed E-state index contributed by atoms with van der Waals surface area (Å²) in [7, 11) is 0. The predicted octanol–water partition coefficient (Wildman–Crippen LogP) is 2.47. The molecular formula is C14H13N5. The van der Waals surface area contributed by atoms with Crippen LogP contribution in [0.3, 0.4) is 0 Å². The molecule has 5 heteroatoms. The summed E-state index contributed by atoms with van der Waals surface area (Å²) < 4.78 is 1.74. The van der Waals surface area contributed by atoms with E-state index in [0.717, 1.165) is 11.3 Å². The van der Waals surface area contributed by atoms with Gasteiger partial charge >= 0.3 is 0 Å². The summed E-state index contributed by atoms with van der Waals surface area (Å²) in [5.74, 6) is 0.634. The Labute approximate surface area is 110 Å². The van der Waals surface area contributed by atoms with Crippen LogP contribution in [-0.4, -0.2) is 20.2 Å². The number of hydrogen-bond acceptors (Lipinski definition) is 4. The number of hydrogen-bond donors (Lipinski definition) is 1. The molecule has 0 saturated heterocycles. The molecule has 0 saturated carbocycles. The first-order valence-electron chi connectivity index (χ1n) is 6.04. The van der Waals surface area contributed by atoms with Crippen molar-refractivity contribution in [2.45, 2.75) is 6.54 Å². The molecule has 0 aliphatic rings. The molecule has 1 N–H and O–H groups in total. The number of benzene rings is 2. The van der Waals surface area contributed by atoms with Gasteiger partial charge in [0.25, 0.3) is 0 Å². The maximum Gasteiger partial charge on any atom is 0.247 e. The van der Waals surface area contributed by atoms with Crippen LogP contribution in [0.2, 0.25) is 0 Å². The highest BCUT2D eigenvalue weighted by Gasteiger charge is 2.06. The third-order valence-corrected chi connectivity index (χ3v) is 2.74. The maximum atomic E-state index is 4.00. The number of rotatable bonds is 4. The van der Waals surface area contributed by atoms with Crippen LogP contribution < -0.4 is 5.32 Å². The second-order valence-corrected chi connectivity index (χ2v) is 4.14. The van der Waals surface area contributed by atoms with E-state index in [1.165, 1.54) is 0 Å². The fourth-order valence-electron chi connectivity index (χ4n) is 1.81. The summed E-state index contributed by atoms with van der Waals surface area (Å²) in [6.07, 6.45) is 0. The van der Waals surface area contributed by atoms with Gasteiger partial charge < -0.3 is 5.32 Å². The maximum absolute atomic E-state index is 4.00. The minimum atomic E-state index is 0.634. The molecule has 0 bridgehead atoms. The van der Waals surface area contributed by atoms with E-state index in [-0.39, 0.29) is 0 Å². The van der Waals surface area contributed by atoms with Crippen molar-refractivity contribution in [3.8, 4) is 0 Å². The standard InChI is InChI=1S/C14H13N5/c1-3-7-12(8-4-1)11-19-14(16-17-18-19)15-13-9-5-2-6-10-13/h1-10H,11H2,(H,15,16,18). The lowest BCUT2D eigenvalue weighted by molar-refractivity contribution is 0.654. The molecule has 1 aromatic heterocycles. The lowest BCUT2D eigenvalue weighted by Crippen LogP contribution is -2.06. The molecule has 3 aromatic rings. The van der Waals surface area contributed by atoms with Crippen molar-refractivity contribution in [3.05, 3.63) is 66.2 Å². The van der Waals surface area contributed by atoms with Crippen molar-refractivity contribution in [1.82, 2.24) is 20.2 Å². The van der Waals surface area contributed by atoms with E-state index in [4.69, 9.17) is 0 Å². The van der Waals surface area contributed by atoms with Crippen molar-refractivity contribution in [2.24, 2.45) is 0 Å². The largest absolute Gasteiger partial charge is 0.323 e. The van der Waals surface area contributed by atoms with E-state index >= 15 is 0 Å². The van der Waals surface area contributed by atoms with Gasteiger partial charge in [0.2, 0.25) is 5.95 Å². The Morgan fingerprint density at radius 3 is 2.32 bits per heavy atom. The van der Waals surface area contributed by atoms with Crippen molar-refractivity contribution in [1.29, 1.82) is 0 Å². The molecule has 0 spiro atoms. The van der Waals surface area contributed by atoms with Gasteiger partial charge in [-0.2, -0.15) is 0 Å². The molecule has 5 nitrogen and oxygen atoms in total. The molecule has 0 fully saturated rings. The average molecular weight is 251 g/mol. The van der Waals surface area contributed by atoms with E-state index in [2.05, 4.69) is 20.8 Å². The van der Waals surface area contributed by atoms with E-state index in [9.17, 15) is 0 Å². The van der Waals surface area contributed by atoms with Gasteiger partial charge in [-0.25, -0.2) is 4.68 Å². The van der Waals surface area contributed by atoms with Crippen molar-refractivity contribution in [3.63, 3.8) is 0 Å².